The van der Waals surface area contributed by atoms with Crippen LogP contribution in [-0.2, 0) is 13.1 Å². The Bertz CT molecular complexity index is 5960. The van der Waals surface area contributed by atoms with E-state index >= 15 is 0 Å². The quantitative estimate of drug-likeness (QED) is 0.0218. The highest BCUT2D eigenvalue weighted by Crippen LogP contribution is 2.38. The first-order chi connectivity index (χ1) is 69.4. The summed E-state index contributed by atoms with van der Waals surface area (Å²) in [6, 6.07) is 92.3. The highest BCUT2D eigenvalue weighted by Gasteiger charge is 2.33. The molecule has 2 heterocycles. The van der Waals surface area contributed by atoms with Crippen molar-refractivity contribution in [1.82, 2.24) is 25.8 Å². The van der Waals surface area contributed by atoms with Crippen LogP contribution < -0.4 is 33.2 Å². The first-order valence-corrected chi connectivity index (χ1v) is 48.7. The molecule has 4 aliphatic rings. The van der Waals surface area contributed by atoms with Gasteiger partial charge in [0.25, 0.3) is 17.7 Å². The molecule has 4 fully saturated rings. The normalized spacial score (nSPS) is 17.1. The summed E-state index contributed by atoms with van der Waals surface area (Å²) in [7, 11) is 2.00. The van der Waals surface area contributed by atoms with Crippen LogP contribution in [0.2, 0.25) is 0 Å². The fourth-order valence-corrected chi connectivity index (χ4v) is 18.9. The van der Waals surface area contributed by atoms with Crippen molar-refractivity contribution in [2.75, 3.05) is 66.6 Å². The van der Waals surface area contributed by atoms with Crippen molar-refractivity contribution >= 4 is 36.1 Å². The first-order valence-electron chi connectivity index (χ1n) is 48.7. The van der Waals surface area contributed by atoms with Gasteiger partial charge in [0.15, 0.2) is 0 Å². The number of amides is 3. The van der Waals surface area contributed by atoms with Crippen molar-refractivity contribution in [3.05, 3.63) is 408 Å². The largest absolute Gasteiger partial charge is 0.478 e. The Morgan fingerprint density at radius 2 is 0.500 bits per heavy atom. The molecule has 2 aliphatic heterocycles. The standard InChI is InChI=1S/C33H32F2N2O.2C26H26F2N2O.C19H12F2O2.C14H22N2.2CH4O.ClH/c1-2-23-16-32(37(21-23)22-24-6-4-3-5-7-24)20-36-33(38)29-18-27(25-8-12-30(34)13-9-25)17-28(19-29)26-10-14-31(35)15-11-26;2*27-24-7-3-19(4-8-24)21-12-22(20-5-9-25(28)10-6-20)14-23(13-21)26(31)30-16-18-2-1-17(11-18)15-29;20-17-5-1-12(2-6-17)14-9-15(11-16(10-14)19(22)23)13-3-7-18(21)8-4-13;1-2-12-8-14(9-15)16(10-12)11-13-6-4-3-5-7-13;2*1-2;/h3-15,17-19,23,32H,2,16,20-22H2,1H3,(H,36,38);2*3-10,12-14,17-18H,1-2,11,15-16,29H2,(H,30,31);1-11H,(H,22,23);3-7,12,14H,2,8-11,15H2,1H3;2*2H,1H3;1H/t23-,32+;2*17-,18-;;12-,14+;;;/m100.1.../s1. The monoisotopic (exact) mass is 1980 g/mol. The van der Waals surface area contributed by atoms with Crippen molar-refractivity contribution in [1.29, 1.82) is 0 Å². The van der Waals surface area contributed by atoms with Crippen LogP contribution in [-0.4, -0.2) is 127 Å². The zero-order valence-electron chi connectivity index (χ0n) is 81.5. The van der Waals surface area contributed by atoms with Gasteiger partial charge in [-0.1, -0.05) is 184 Å². The Hall–Kier alpha value is -13.6. The third-order valence-corrected chi connectivity index (χ3v) is 26.9. The SMILES string of the molecule is CC[C@@H]1C[C@@H](CN)N(Cc2ccccc2)C1.CC[C@@H]1C[C@@H](CNC(=O)c2cc(-c3ccc(F)cc3)cc(-c3ccc(F)cc3)c2)N(Cc2ccccc2)C1.CO.CO.Cl.NC[C@H]1CC[C@H](CNC(=O)c2cc(-c3ccc(F)cc3)cc(-c3ccc(F)cc3)c2)C1.NC[C@H]1CC[C@H](CNC(=O)c2cc(-c3ccc(F)cc3)cc(-c3ccc(F)cc3)c2)C1.O=C(O)c1cc(-c2ccc(F)cc2)cc(-c2ccc(F)cc2)c1. The van der Waals surface area contributed by atoms with Gasteiger partial charge in [0.05, 0.1) is 5.56 Å². The van der Waals surface area contributed by atoms with Gasteiger partial charge in [-0.2, -0.15) is 0 Å². The molecule has 0 radical (unpaired) electrons. The average molecular weight is 1980 g/mol. The zero-order chi connectivity index (χ0) is 102. The van der Waals surface area contributed by atoms with E-state index < -0.39 is 5.97 Å². The van der Waals surface area contributed by atoms with Crippen LogP contribution in [0.25, 0.3) is 89.0 Å². The minimum Gasteiger partial charge on any atom is -0.478 e. The second kappa shape index (κ2) is 55.9. The maximum atomic E-state index is 13.6. The van der Waals surface area contributed by atoms with Crippen LogP contribution in [0.15, 0.2) is 328 Å². The van der Waals surface area contributed by atoms with Gasteiger partial charge in [-0.15, -0.1) is 12.4 Å². The number of likely N-dealkylation sites (tertiary alicyclic amines) is 2. The molecular formula is C120H127ClF8N8O7. The number of aromatic carboxylic acids is 1. The van der Waals surface area contributed by atoms with Crippen molar-refractivity contribution in [3.63, 3.8) is 0 Å². The van der Waals surface area contributed by atoms with Crippen molar-refractivity contribution in [3.8, 4) is 89.0 Å². The van der Waals surface area contributed by atoms with Gasteiger partial charge in [0.1, 0.15) is 46.5 Å². The van der Waals surface area contributed by atoms with Crippen molar-refractivity contribution in [2.24, 2.45) is 52.7 Å². The lowest BCUT2D eigenvalue weighted by molar-refractivity contribution is 0.0695. The van der Waals surface area contributed by atoms with E-state index in [4.69, 9.17) is 27.4 Å². The van der Waals surface area contributed by atoms with E-state index in [0.29, 0.717) is 107 Å². The van der Waals surface area contributed by atoms with Gasteiger partial charge in [-0.3, -0.25) is 24.2 Å². The van der Waals surface area contributed by atoms with Gasteiger partial charge >= 0.3 is 5.97 Å². The second-order valence-corrected chi connectivity index (χ2v) is 36.6. The molecule has 15 nitrogen and oxygen atoms in total. The molecule has 752 valence electrons. The summed E-state index contributed by atoms with van der Waals surface area (Å²) in [6.45, 7) is 12.7. The predicted molar refractivity (Wildman–Crippen MR) is 563 cm³/mol. The number of benzene rings is 14. The van der Waals surface area contributed by atoms with Gasteiger partial charge in [0.2, 0.25) is 0 Å². The Morgan fingerprint density at radius 3 is 0.722 bits per heavy atom. The molecule has 2 saturated carbocycles. The molecule has 0 bridgehead atoms. The molecular weight excluding hydrogens is 1850 g/mol. The molecule has 12 N–H and O–H groups in total. The number of rotatable bonds is 27. The molecule has 0 unspecified atom stereocenters. The summed E-state index contributed by atoms with van der Waals surface area (Å²) in [4.78, 5) is 55.8. The van der Waals surface area contributed by atoms with E-state index in [1.54, 1.807) is 103 Å². The number of carboxylic acids is 1. The molecule has 14 aromatic rings. The highest BCUT2D eigenvalue weighted by atomic mass is 35.5. The van der Waals surface area contributed by atoms with E-state index in [2.05, 4.69) is 94.2 Å². The van der Waals surface area contributed by atoms with Gasteiger partial charge in [-0.25, -0.2) is 39.9 Å². The van der Waals surface area contributed by atoms with Crippen LogP contribution >= 0.6 is 12.4 Å². The number of nitrogens with zero attached hydrogens (tertiary/aromatic N) is 2. The Morgan fingerprint density at radius 1 is 0.278 bits per heavy atom. The van der Waals surface area contributed by atoms with Gasteiger partial charge in [0, 0.05) is 95.4 Å². The van der Waals surface area contributed by atoms with Crippen LogP contribution in [0.4, 0.5) is 35.1 Å². The van der Waals surface area contributed by atoms with E-state index in [-0.39, 0.29) is 88.3 Å². The number of hydrogen-bond donors (Lipinski definition) is 9. The number of hydrogen-bond acceptors (Lipinski definition) is 11. The summed E-state index contributed by atoms with van der Waals surface area (Å²) < 4.78 is 107. The molecule has 18 rings (SSSR count). The maximum absolute atomic E-state index is 13.6. The number of carbonyl (C=O) groups excluding carboxylic acids is 3. The second-order valence-electron chi connectivity index (χ2n) is 36.6. The fourth-order valence-electron chi connectivity index (χ4n) is 18.9. The minimum absolute atomic E-state index is 0. The topological polar surface area (TPSA) is 250 Å². The van der Waals surface area contributed by atoms with Crippen LogP contribution in [0.1, 0.15) is 131 Å². The number of carbonyl (C=O) groups is 4. The molecule has 2 aliphatic carbocycles. The van der Waals surface area contributed by atoms with E-state index in [1.807, 2.05) is 60.7 Å². The summed E-state index contributed by atoms with van der Waals surface area (Å²) in [6.07, 6.45) is 11.2. The lowest BCUT2D eigenvalue weighted by Gasteiger charge is -2.25. The highest BCUT2D eigenvalue weighted by molar-refractivity contribution is 6.00. The van der Waals surface area contributed by atoms with Crippen molar-refractivity contribution in [2.45, 2.75) is 103 Å². The molecule has 3 amide bonds. The smallest absolute Gasteiger partial charge is 0.335 e. The zero-order valence-corrected chi connectivity index (χ0v) is 82.3. The fraction of sp³-hybridized carbons (Fsp3) is 0.267. The number of carboxylic acid groups (broad SMARTS) is 1. The number of nitrogens with two attached hydrogens (primary N) is 3. The molecule has 14 aromatic carbocycles. The molecule has 2 saturated heterocycles. The molecule has 0 spiro atoms. The molecule has 144 heavy (non-hydrogen) atoms. The first kappa shape index (κ1) is 111. The van der Waals surface area contributed by atoms with Crippen LogP contribution in [0.5, 0.6) is 0 Å². The minimum atomic E-state index is -1.06. The van der Waals surface area contributed by atoms with E-state index in [9.17, 15) is 59.4 Å². The lowest BCUT2D eigenvalue weighted by Crippen LogP contribution is -2.39. The molecule has 0 aromatic heterocycles. The Kier molecular flexibility index (Phi) is 43.0. The van der Waals surface area contributed by atoms with Crippen molar-refractivity contribution < 1.29 is 69.6 Å². The maximum Gasteiger partial charge on any atom is 0.335 e. The summed E-state index contributed by atoms with van der Waals surface area (Å²) in [5, 5.41) is 32.6. The summed E-state index contributed by atoms with van der Waals surface area (Å²) >= 11 is 0. The van der Waals surface area contributed by atoms with E-state index in [1.165, 1.54) is 140 Å². The van der Waals surface area contributed by atoms with Gasteiger partial charge in [-0.05, 0) is 370 Å². The predicted octanol–water partition coefficient (Wildman–Crippen LogP) is 25.0. The number of nitrogens with one attached hydrogen (secondary N) is 3. The van der Waals surface area contributed by atoms with Crippen LogP contribution in [0, 0.1) is 82.0 Å². The third-order valence-electron chi connectivity index (χ3n) is 26.9. The Balaban J connectivity index is 0.000000173. The van der Waals surface area contributed by atoms with Crippen LogP contribution in [0.3, 0.4) is 0 Å². The number of halogens is 9. The number of aliphatic hydroxyl groups is 2. The number of aliphatic hydroxyl groups excluding tert-OH is 2. The molecule has 8 atom stereocenters. The third kappa shape index (κ3) is 32.5. The summed E-state index contributed by atoms with van der Waals surface area (Å²) in [5.41, 5.74) is 34.1. The molecule has 24 heteroatoms. The average Bonchev–Trinajstić information content (AvgIpc) is 1.83. The van der Waals surface area contributed by atoms with Gasteiger partial charge < -0.3 is 48.5 Å². The van der Waals surface area contributed by atoms with E-state index in [0.717, 1.165) is 164 Å². The lowest BCUT2D eigenvalue weighted by atomic mass is 9.95. The summed E-state index contributed by atoms with van der Waals surface area (Å²) in [5.74, 6) is -0.659. The Labute approximate surface area is 845 Å².